The summed E-state index contributed by atoms with van der Waals surface area (Å²) in [6, 6.07) is 0.545. The van der Waals surface area contributed by atoms with E-state index in [1.165, 1.54) is 12.8 Å². The van der Waals surface area contributed by atoms with Crippen molar-refractivity contribution >= 4 is 23.5 Å². The van der Waals surface area contributed by atoms with Gasteiger partial charge >= 0.3 is 5.97 Å². The summed E-state index contributed by atoms with van der Waals surface area (Å²) in [4.78, 5) is 26.9. The van der Waals surface area contributed by atoms with Gasteiger partial charge in [-0.15, -0.1) is 18.3 Å². The minimum absolute atomic E-state index is 0.00744. The number of thioether (sulfide) groups is 1. The fourth-order valence-electron chi connectivity index (χ4n) is 8.65. The normalized spacial score (nSPS) is 46.9. The minimum Gasteiger partial charge on any atom is -0.461 e. The lowest BCUT2D eigenvalue weighted by Gasteiger charge is -2.61. The van der Waals surface area contributed by atoms with Gasteiger partial charge < -0.3 is 15.2 Å². The van der Waals surface area contributed by atoms with E-state index in [0.29, 0.717) is 35.7 Å². The topological polar surface area (TPSA) is 75.6 Å². The standard InChI is InChI=1S/C30H49NO4S/c1-7-28(5)17-24(35-25(33)18-36-22-11-9-10-21(16-22)31-8-2)29(6)19(3)12-14-30(20(4)27(28)34)15-13-23(32)26(29)30/h7,19-22,24,26-27,31,34H,1,8-18H2,2-6H3/t19-,20+,21?,22?,24-,26+,27+,28-,29+,30?/m1/s1. The molecule has 0 saturated heterocycles. The largest absolute Gasteiger partial charge is 0.461 e. The summed E-state index contributed by atoms with van der Waals surface area (Å²) in [5.41, 5.74) is -1.25. The number of hydrogen-bond acceptors (Lipinski definition) is 6. The molecule has 0 aromatic heterocycles. The van der Waals surface area contributed by atoms with Crippen LogP contribution in [0.1, 0.15) is 92.4 Å². The Morgan fingerprint density at radius 3 is 2.69 bits per heavy atom. The van der Waals surface area contributed by atoms with Crippen molar-refractivity contribution < 1.29 is 19.4 Å². The van der Waals surface area contributed by atoms with E-state index in [0.717, 1.165) is 38.6 Å². The van der Waals surface area contributed by atoms with E-state index in [-0.39, 0.29) is 29.1 Å². The molecule has 6 heteroatoms. The molecule has 0 radical (unpaired) electrons. The van der Waals surface area contributed by atoms with E-state index < -0.39 is 23.0 Å². The van der Waals surface area contributed by atoms with Gasteiger partial charge in [0.2, 0.25) is 0 Å². The number of aliphatic hydroxyl groups excluding tert-OH is 1. The zero-order valence-corrected chi connectivity index (χ0v) is 24.0. The molecule has 2 N–H and O–H groups in total. The van der Waals surface area contributed by atoms with Crippen molar-refractivity contribution in [1.29, 1.82) is 0 Å². The van der Waals surface area contributed by atoms with E-state index in [1.807, 2.05) is 6.08 Å². The van der Waals surface area contributed by atoms with Crippen LogP contribution in [0, 0.1) is 34.0 Å². The predicted octanol–water partition coefficient (Wildman–Crippen LogP) is 5.55. The molecule has 204 valence electrons. The molecule has 0 amide bonds. The molecule has 10 atom stereocenters. The van der Waals surface area contributed by atoms with Crippen molar-refractivity contribution in [3.8, 4) is 0 Å². The molecule has 4 aliphatic carbocycles. The van der Waals surface area contributed by atoms with Crippen LogP contribution in [0.15, 0.2) is 12.7 Å². The van der Waals surface area contributed by atoms with Gasteiger partial charge in [-0.25, -0.2) is 0 Å². The Morgan fingerprint density at radius 1 is 1.25 bits per heavy atom. The summed E-state index contributed by atoms with van der Waals surface area (Å²) >= 11 is 1.73. The monoisotopic (exact) mass is 519 g/mol. The van der Waals surface area contributed by atoms with E-state index in [1.54, 1.807) is 11.8 Å². The maximum absolute atomic E-state index is 13.5. The number of carbonyl (C=O) groups is 2. The number of nitrogens with one attached hydrogen (secondary N) is 1. The lowest BCUT2D eigenvalue weighted by Crippen LogP contribution is -2.63. The molecule has 0 aromatic rings. The van der Waals surface area contributed by atoms with Gasteiger partial charge in [-0.05, 0) is 68.7 Å². The quantitative estimate of drug-likeness (QED) is 0.339. The molecular formula is C30H49NO4S. The molecule has 0 aliphatic heterocycles. The van der Waals surface area contributed by atoms with Gasteiger partial charge in [-0.2, -0.15) is 0 Å². The van der Waals surface area contributed by atoms with Gasteiger partial charge in [0.1, 0.15) is 11.9 Å². The number of aliphatic hydroxyl groups is 1. The van der Waals surface area contributed by atoms with Crippen LogP contribution in [0.25, 0.3) is 0 Å². The van der Waals surface area contributed by atoms with E-state index in [9.17, 15) is 14.7 Å². The number of Topliss-reactive ketones (excluding diaryl/α,β-unsaturated/α-hetero) is 1. The van der Waals surface area contributed by atoms with Crippen molar-refractivity contribution in [3.05, 3.63) is 12.7 Å². The second-order valence-electron chi connectivity index (χ2n) is 12.9. The number of hydrogen-bond donors (Lipinski definition) is 2. The Hall–Kier alpha value is -0.850. The van der Waals surface area contributed by atoms with Crippen LogP contribution in [0.5, 0.6) is 0 Å². The molecule has 3 unspecified atom stereocenters. The number of rotatable bonds is 7. The highest BCUT2D eigenvalue weighted by molar-refractivity contribution is 8.00. The first-order valence-electron chi connectivity index (χ1n) is 14.4. The SMILES string of the molecule is C=C[C@]1(C)C[C@@H](OC(=O)CSC2CCCC(NCC)C2)[C@]2(C)[C@H](C)CCC3(CCC(=O)[C@H]32)[C@@H](C)[C@@H]1O. The van der Waals surface area contributed by atoms with Gasteiger partial charge in [0.15, 0.2) is 0 Å². The molecular weight excluding hydrogens is 470 g/mol. The third-order valence-electron chi connectivity index (χ3n) is 11.1. The second-order valence-corrected chi connectivity index (χ2v) is 14.2. The average Bonchev–Trinajstić information content (AvgIpc) is 3.22. The Balaban J connectivity index is 1.58. The summed E-state index contributed by atoms with van der Waals surface area (Å²) in [7, 11) is 0. The fourth-order valence-corrected chi connectivity index (χ4v) is 9.79. The van der Waals surface area contributed by atoms with Crippen LogP contribution < -0.4 is 5.32 Å². The molecule has 2 bridgehead atoms. The third-order valence-corrected chi connectivity index (χ3v) is 12.4. The van der Waals surface area contributed by atoms with Crippen LogP contribution >= 0.6 is 11.8 Å². The summed E-state index contributed by atoms with van der Waals surface area (Å²) < 4.78 is 6.40. The first-order chi connectivity index (χ1) is 17.0. The van der Waals surface area contributed by atoms with Crippen molar-refractivity contribution in [1.82, 2.24) is 5.32 Å². The van der Waals surface area contributed by atoms with Crippen molar-refractivity contribution in [2.75, 3.05) is 12.3 Å². The number of ether oxygens (including phenoxy) is 1. The summed E-state index contributed by atoms with van der Waals surface area (Å²) in [5, 5.41) is 15.7. The molecule has 36 heavy (non-hydrogen) atoms. The molecule has 5 nitrogen and oxygen atoms in total. The van der Waals surface area contributed by atoms with E-state index in [2.05, 4.69) is 46.5 Å². The average molecular weight is 520 g/mol. The molecule has 4 fully saturated rings. The van der Waals surface area contributed by atoms with Gasteiger partial charge in [0, 0.05) is 34.5 Å². The number of carbonyl (C=O) groups excluding carboxylic acids is 2. The summed E-state index contributed by atoms with van der Waals surface area (Å²) in [5.74, 6) is 0.554. The fraction of sp³-hybridized carbons (Fsp3) is 0.867. The Labute approximate surface area is 223 Å². The van der Waals surface area contributed by atoms with E-state index in [4.69, 9.17) is 4.74 Å². The predicted molar refractivity (Wildman–Crippen MR) is 147 cm³/mol. The van der Waals surface area contributed by atoms with E-state index >= 15 is 0 Å². The highest BCUT2D eigenvalue weighted by Gasteiger charge is 2.68. The van der Waals surface area contributed by atoms with Crippen LogP contribution in [0.3, 0.4) is 0 Å². The highest BCUT2D eigenvalue weighted by atomic mass is 32.2. The number of ketones is 1. The van der Waals surface area contributed by atoms with Crippen LogP contribution in [0.4, 0.5) is 0 Å². The highest BCUT2D eigenvalue weighted by Crippen LogP contribution is 2.68. The van der Waals surface area contributed by atoms with Gasteiger partial charge in [0.25, 0.3) is 0 Å². The molecule has 0 heterocycles. The first kappa shape index (κ1) is 28.2. The third kappa shape index (κ3) is 4.73. The van der Waals surface area contributed by atoms with Gasteiger partial charge in [-0.1, -0.05) is 47.1 Å². The lowest BCUT2D eigenvalue weighted by atomic mass is 9.44. The molecule has 4 saturated carbocycles. The Morgan fingerprint density at radius 2 is 2.00 bits per heavy atom. The minimum atomic E-state index is -0.623. The molecule has 4 aliphatic rings. The zero-order valence-electron chi connectivity index (χ0n) is 23.2. The maximum Gasteiger partial charge on any atom is 0.316 e. The van der Waals surface area contributed by atoms with Gasteiger partial charge in [-0.3, -0.25) is 9.59 Å². The number of esters is 1. The zero-order chi connectivity index (χ0) is 26.3. The maximum atomic E-state index is 13.5. The Kier molecular flexibility index (Phi) is 8.39. The van der Waals surface area contributed by atoms with Crippen molar-refractivity contribution in [3.63, 3.8) is 0 Å². The molecule has 4 rings (SSSR count). The van der Waals surface area contributed by atoms with Crippen LogP contribution in [0.2, 0.25) is 0 Å². The summed E-state index contributed by atoms with van der Waals surface area (Å²) in [6.07, 6.45) is 9.34. The molecule has 0 spiro atoms. The second kappa shape index (κ2) is 10.7. The van der Waals surface area contributed by atoms with Gasteiger partial charge in [0.05, 0.1) is 11.9 Å². The lowest BCUT2D eigenvalue weighted by molar-refractivity contribution is -0.205. The summed E-state index contributed by atoms with van der Waals surface area (Å²) in [6.45, 7) is 15.9. The van der Waals surface area contributed by atoms with Crippen LogP contribution in [-0.4, -0.2) is 52.7 Å². The van der Waals surface area contributed by atoms with Crippen molar-refractivity contribution in [2.24, 2.45) is 34.0 Å². The van der Waals surface area contributed by atoms with Crippen LogP contribution in [-0.2, 0) is 14.3 Å². The van der Waals surface area contributed by atoms with Crippen molar-refractivity contribution in [2.45, 2.75) is 116 Å². The molecule has 0 aromatic carbocycles. The first-order valence-corrected chi connectivity index (χ1v) is 15.5. The smallest absolute Gasteiger partial charge is 0.316 e. The Bertz CT molecular complexity index is 847.